The van der Waals surface area contributed by atoms with Crippen LogP contribution in [0.2, 0.25) is 0 Å². The number of nitro benzene ring substituents is 3. The van der Waals surface area contributed by atoms with E-state index in [1.165, 1.54) is 94.9 Å². The van der Waals surface area contributed by atoms with Crippen molar-refractivity contribution >= 4 is 101 Å². The van der Waals surface area contributed by atoms with E-state index in [1.807, 2.05) is 24.3 Å². The molecule has 5 aromatic rings. The summed E-state index contributed by atoms with van der Waals surface area (Å²) in [5.41, 5.74) is 28.5. The molecule has 3 aliphatic rings. The maximum Gasteiger partial charge on any atom is 0.269 e. The Morgan fingerprint density at radius 1 is 0.395 bits per heavy atom. The molecule has 8 rings (SSSR count). The molecule has 76 heavy (non-hydrogen) atoms. The zero-order chi connectivity index (χ0) is 51.7. The largest absolute Gasteiger partial charge is 0.399 e. The van der Waals surface area contributed by atoms with E-state index in [-0.39, 0.29) is 66.7 Å². The van der Waals surface area contributed by atoms with Crippen LogP contribution in [0.1, 0.15) is 77.0 Å². The normalized spacial score (nSPS) is 19.2. The van der Waals surface area contributed by atoms with E-state index >= 15 is 0 Å². The highest BCUT2D eigenvalue weighted by Gasteiger charge is 2.24. The topological polar surface area (TPSA) is 282 Å². The quantitative estimate of drug-likeness (QED) is 0.0244. The fourth-order valence-electron chi connectivity index (χ4n) is 9.59. The SMILES string of the molecule is Cl.Cl.Cl.Cl.NCC1CCCC(CN)C1.Nc1ccc(NCC2CCCC(CNc3ccc(N)cc3)C2)cc1.O=[N+]([O-])c1ccc(F)cc1.O=[N+]([O-])c1ccc(NCC2CCCC(CNc3ccc([N+](=O)[O-])cc3)C2)cc1. The maximum atomic E-state index is 12.1. The predicted octanol–water partition coefficient (Wildman–Crippen LogP) is 13.1. The highest BCUT2D eigenvalue weighted by molar-refractivity contribution is 5.86. The Labute approximate surface area is 471 Å². The molecule has 0 saturated heterocycles. The summed E-state index contributed by atoms with van der Waals surface area (Å²) in [6, 6.07) is 33.4. The van der Waals surface area contributed by atoms with Crippen LogP contribution in [-0.2, 0) is 0 Å². The summed E-state index contributed by atoms with van der Waals surface area (Å²) in [4.78, 5) is 30.1. The van der Waals surface area contributed by atoms with E-state index in [4.69, 9.17) is 22.9 Å². The average molecular weight is 1140 g/mol. The van der Waals surface area contributed by atoms with E-state index in [1.54, 1.807) is 24.3 Å². The molecule has 3 saturated carbocycles. The molecule has 3 aliphatic carbocycles. The van der Waals surface area contributed by atoms with Crippen LogP contribution in [-0.4, -0.2) is 54.0 Å². The standard InChI is InChI=1S/C20H24N4O4.C20H28N4.C8H18N2.C6H4FNO2.4ClH/c25-23(26)19-8-4-17(5-9-19)21-13-15-2-1-3-16(12-15)14-22-18-6-10-20(11-7-18)24(27)28;21-17-4-8-19(9-5-17)23-13-15-2-1-3-16(12-15)14-24-20-10-6-18(22)7-11-20;9-5-7-2-1-3-8(4-7)6-10;7-5-1-3-6(4-2-5)8(9)10;;;;/h4-11,15-16,21-22H,1-3,12-14H2;4-11,15-16,23-24H,1-3,12-14,21-22H2;7-8H,1-6,9-10H2;1-4H;4*1H. The van der Waals surface area contributed by atoms with Crippen LogP contribution in [0.15, 0.2) is 121 Å². The Balaban J connectivity index is 0.000000543. The molecule has 0 aliphatic heterocycles. The van der Waals surface area contributed by atoms with Gasteiger partial charge in [0.1, 0.15) is 5.82 Å². The zero-order valence-electron chi connectivity index (χ0n) is 42.9. The van der Waals surface area contributed by atoms with Crippen molar-refractivity contribution in [1.82, 2.24) is 0 Å². The van der Waals surface area contributed by atoms with Crippen LogP contribution >= 0.6 is 49.6 Å². The van der Waals surface area contributed by atoms with Gasteiger partial charge in [0, 0.05) is 96.7 Å². The number of rotatable bonds is 17. The number of nitrogens with two attached hydrogens (primary N) is 4. The van der Waals surface area contributed by atoms with Gasteiger partial charge in [-0.3, -0.25) is 30.3 Å². The summed E-state index contributed by atoms with van der Waals surface area (Å²) in [5.74, 6) is 3.68. The van der Waals surface area contributed by atoms with Crippen molar-refractivity contribution in [2.24, 2.45) is 47.0 Å². The van der Waals surface area contributed by atoms with E-state index in [0.717, 1.165) is 128 Å². The molecule has 12 N–H and O–H groups in total. The molecule has 0 heterocycles. The number of nitrogens with zero attached hydrogens (tertiary/aromatic N) is 3. The minimum absolute atomic E-state index is 0. The first-order valence-electron chi connectivity index (χ1n) is 25.2. The van der Waals surface area contributed by atoms with Crippen LogP contribution in [0.25, 0.3) is 0 Å². The Morgan fingerprint density at radius 3 is 0.868 bits per heavy atom. The number of non-ortho nitro benzene ring substituents is 3. The van der Waals surface area contributed by atoms with Gasteiger partial charge in [0.2, 0.25) is 0 Å². The van der Waals surface area contributed by atoms with Gasteiger partial charge in [-0.25, -0.2) is 4.39 Å². The highest BCUT2D eigenvalue weighted by Crippen LogP contribution is 2.32. The van der Waals surface area contributed by atoms with Crippen molar-refractivity contribution in [3.05, 3.63) is 157 Å². The molecule has 0 spiro atoms. The second-order valence-electron chi connectivity index (χ2n) is 19.3. The van der Waals surface area contributed by atoms with Gasteiger partial charge in [-0.2, -0.15) is 0 Å². The molecule has 6 atom stereocenters. The Morgan fingerprint density at radius 2 is 0.618 bits per heavy atom. The van der Waals surface area contributed by atoms with Crippen molar-refractivity contribution in [3.63, 3.8) is 0 Å². The van der Waals surface area contributed by atoms with Crippen LogP contribution < -0.4 is 44.2 Å². The Bertz CT molecular complexity index is 2250. The lowest BCUT2D eigenvalue weighted by Gasteiger charge is -2.30. The number of nitrogen functional groups attached to an aromatic ring is 2. The fraction of sp³-hybridized carbons (Fsp3) is 0.444. The van der Waals surface area contributed by atoms with Gasteiger partial charge in [0.25, 0.3) is 17.1 Å². The van der Waals surface area contributed by atoms with Crippen molar-refractivity contribution in [2.45, 2.75) is 77.0 Å². The number of nitrogens with one attached hydrogen (secondary N) is 4. The van der Waals surface area contributed by atoms with Gasteiger partial charge in [0.15, 0.2) is 0 Å². The number of benzene rings is 5. The highest BCUT2D eigenvalue weighted by atomic mass is 35.5. The molecule has 0 aromatic heterocycles. The van der Waals surface area contributed by atoms with Crippen molar-refractivity contribution in [1.29, 1.82) is 0 Å². The fourth-order valence-corrected chi connectivity index (χ4v) is 9.59. The number of nitro groups is 3. The van der Waals surface area contributed by atoms with E-state index in [2.05, 4.69) is 45.5 Å². The molecule has 5 aromatic carbocycles. The first-order chi connectivity index (χ1) is 34.8. The third-order valence-corrected chi connectivity index (χ3v) is 13.7. The number of hydrogen-bond acceptors (Lipinski definition) is 14. The molecule has 6 unspecified atom stereocenters. The smallest absolute Gasteiger partial charge is 0.269 e. The number of anilines is 6. The van der Waals surface area contributed by atoms with Gasteiger partial charge in [-0.15, -0.1) is 49.6 Å². The minimum Gasteiger partial charge on any atom is -0.399 e. The number of halogens is 5. The van der Waals surface area contributed by atoms with Crippen LogP contribution in [0.4, 0.5) is 55.6 Å². The molecular formula is C54H78Cl4FN11O6. The van der Waals surface area contributed by atoms with Crippen LogP contribution in [0.5, 0.6) is 0 Å². The van der Waals surface area contributed by atoms with Crippen LogP contribution in [0.3, 0.4) is 0 Å². The van der Waals surface area contributed by atoms with Crippen molar-refractivity contribution in [3.8, 4) is 0 Å². The Hall–Kier alpha value is -5.89. The van der Waals surface area contributed by atoms with Gasteiger partial charge in [-0.05, 0) is 191 Å². The molecule has 0 radical (unpaired) electrons. The molecule has 0 bridgehead atoms. The third-order valence-electron chi connectivity index (χ3n) is 13.7. The Kier molecular flexibility index (Phi) is 33.1. The second-order valence-corrected chi connectivity index (χ2v) is 19.3. The summed E-state index contributed by atoms with van der Waals surface area (Å²) in [7, 11) is 0. The summed E-state index contributed by atoms with van der Waals surface area (Å²) in [6.07, 6.45) is 15.1. The van der Waals surface area contributed by atoms with Gasteiger partial charge in [0.05, 0.1) is 14.8 Å². The first-order valence-corrected chi connectivity index (χ1v) is 25.2. The summed E-state index contributed by atoms with van der Waals surface area (Å²) in [5, 5.41) is 45.3. The summed E-state index contributed by atoms with van der Waals surface area (Å²) < 4.78 is 12.1. The first kappa shape index (κ1) is 68.1. The van der Waals surface area contributed by atoms with Crippen molar-refractivity contribution < 1.29 is 19.2 Å². The van der Waals surface area contributed by atoms with Crippen molar-refractivity contribution in [2.75, 3.05) is 72.0 Å². The van der Waals surface area contributed by atoms with E-state index < -0.39 is 20.6 Å². The van der Waals surface area contributed by atoms with Gasteiger partial charge < -0.3 is 44.2 Å². The van der Waals surface area contributed by atoms with Gasteiger partial charge >= 0.3 is 0 Å². The lowest BCUT2D eigenvalue weighted by molar-refractivity contribution is -0.385. The maximum absolute atomic E-state index is 12.1. The molecule has 22 heteroatoms. The zero-order valence-corrected chi connectivity index (χ0v) is 46.1. The third kappa shape index (κ3) is 25.3. The molecular weight excluding hydrogens is 1060 g/mol. The summed E-state index contributed by atoms with van der Waals surface area (Å²) >= 11 is 0. The molecule has 3 fully saturated rings. The molecule has 0 amide bonds. The van der Waals surface area contributed by atoms with Gasteiger partial charge in [-0.1, -0.05) is 19.3 Å². The van der Waals surface area contributed by atoms with E-state index in [0.29, 0.717) is 11.8 Å². The number of hydrogen-bond donors (Lipinski definition) is 8. The van der Waals surface area contributed by atoms with E-state index in [9.17, 15) is 34.7 Å². The average Bonchev–Trinajstić information content (AvgIpc) is 3.40. The molecule has 17 nitrogen and oxygen atoms in total. The monoisotopic (exact) mass is 1140 g/mol. The lowest BCUT2D eigenvalue weighted by atomic mass is 9.81. The lowest BCUT2D eigenvalue weighted by Crippen LogP contribution is -2.26. The molecule has 420 valence electrons. The second kappa shape index (κ2) is 37.0. The summed E-state index contributed by atoms with van der Waals surface area (Å²) in [6.45, 7) is 5.51. The predicted molar refractivity (Wildman–Crippen MR) is 318 cm³/mol. The van der Waals surface area contributed by atoms with Crippen LogP contribution in [0, 0.1) is 71.7 Å². The minimum atomic E-state index is -0.570.